The monoisotopic (exact) mass is 315 g/mol. The molecule has 7 nitrogen and oxygen atoms in total. The molecule has 0 bridgehead atoms. The molecule has 0 fully saturated rings. The van der Waals surface area contributed by atoms with Crippen LogP contribution in [0.4, 0.5) is 5.69 Å². The summed E-state index contributed by atoms with van der Waals surface area (Å²) >= 11 is 0. The van der Waals surface area contributed by atoms with Crippen molar-refractivity contribution in [3.05, 3.63) is 47.8 Å². The molecule has 0 radical (unpaired) electrons. The quantitative estimate of drug-likeness (QED) is 0.839. The lowest BCUT2D eigenvalue weighted by molar-refractivity contribution is -0.119. The summed E-state index contributed by atoms with van der Waals surface area (Å²) in [6, 6.07) is 6.36. The molecule has 1 aromatic heterocycles. The first kappa shape index (κ1) is 16.7. The average Bonchev–Trinajstić information content (AvgIpc) is 3.01. The lowest BCUT2D eigenvalue weighted by Gasteiger charge is -2.18. The van der Waals surface area contributed by atoms with Crippen LogP contribution in [0, 0.1) is 0 Å². The van der Waals surface area contributed by atoms with Crippen LogP contribution in [0.25, 0.3) is 0 Å². The minimum Gasteiger partial charge on any atom is -0.366 e. The third-order valence-electron chi connectivity index (χ3n) is 3.44. The predicted octanol–water partition coefficient (Wildman–Crippen LogP) is 1.24. The normalized spacial score (nSPS) is 12.2. The van der Waals surface area contributed by atoms with Crippen LogP contribution >= 0.6 is 0 Å². The lowest BCUT2D eigenvalue weighted by atomic mass is 10.1. The van der Waals surface area contributed by atoms with E-state index in [1.807, 2.05) is 19.0 Å². The SMILES string of the molecule is C[C@H](C(=O)Nc1cc(C(N)=O)ccc1CN(C)C)n1cccn1. The van der Waals surface area contributed by atoms with Crippen LogP contribution in [-0.4, -0.2) is 40.6 Å². The highest BCUT2D eigenvalue weighted by Gasteiger charge is 2.17. The highest BCUT2D eigenvalue weighted by atomic mass is 16.2. The van der Waals surface area contributed by atoms with Gasteiger partial charge in [0.1, 0.15) is 6.04 Å². The molecule has 0 unspecified atom stereocenters. The van der Waals surface area contributed by atoms with Gasteiger partial charge in [-0.25, -0.2) is 0 Å². The molecule has 3 N–H and O–H groups in total. The molecule has 0 aliphatic rings. The summed E-state index contributed by atoms with van der Waals surface area (Å²) in [5.74, 6) is -0.743. The minimum absolute atomic E-state index is 0.213. The molecule has 0 aliphatic heterocycles. The first-order chi connectivity index (χ1) is 10.9. The Morgan fingerprint density at radius 3 is 2.70 bits per heavy atom. The Bertz CT molecular complexity index is 695. The molecule has 2 amide bonds. The zero-order chi connectivity index (χ0) is 17.0. The van der Waals surface area contributed by atoms with E-state index in [0.717, 1.165) is 5.56 Å². The number of carbonyl (C=O) groups is 2. The van der Waals surface area contributed by atoms with E-state index in [4.69, 9.17) is 5.73 Å². The van der Waals surface area contributed by atoms with Crippen molar-refractivity contribution < 1.29 is 9.59 Å². The van der Waals surface area contributed by atoms with Crippen molar-refractivity contribution >= 4 is 17.5 Å². The second-order valence-corrected chi connectivity index (χ2v) is 5.63. The number of aromatic nitrogens is 2. The van der Waals surface area contributed by atoms with Gasteiger partial charge in [0, 0.05) is 30.2 Å². The number of nitrogens with two attached hydrogens (primary N) is 1. The van der Waals surface area contributed by atoms with Crippen LogP contribution in [0.15, 0.2) is 36.7 Å². The van der Waals surface area contributed by atoms with Gasteiger partial charge in [-0.2, -0.15) is 5.10 Å². The minimum atomic E-state index is -0.531. The molecule has 1 heterocycles. The number of nitrogens with one attached hydrogen (secondary N) is 1. The van der Waals surface area contributed by atoms with Crippen molar-refractivity contribution in [3.63, 3.8) is 0 Å². The number of hydrogen-bond acceptors (Lipinski definition) is 4. The summed E-state index contributed by atoms with van der Waals surface area (Å²) in [4.78, 5) is 25.8. The lowest BCUT2D eigenvalue weighted by Crippen LogP contribution is -2.25. The number of rotatable bonds is 6. The van der Waals surface area contributed by atoms with Gasteiger partial charge in [-0.15, -0.1) is 0 Å². The van der Waals surface area contributed by atoms with Gasteiger partial charge in [0.2, 0.25) is 11.8 Å². The topological polar surface area (TPSA) is 93.2 Å². The van der Waals surface area contributed by atoms with Crippen LogP contribution in [0.1, 0.15) is 28.9 Å². The molecule has 7 heteroatoms. The number of carbonyl (C=O) groups excluding carboxylic acids is 2. The molecule has 0 saturated carbocycles. The summed E-state index contributed by atoms with van der Waals surface area (Å²) in [7, 11) is 3.86. The number of hydrogen-bond donors (Lipinski definition) is 2. The van der Waals surface area contributed by atoms with E-state index in [2.05, 4.69) is 10.4 Å². The van der Waals surface area contributed by atoms with E-state index < -0.39 is 11.9 Å². The number of benzene rings is 1. The third-order valence-corrected chi connectivity index (χ3v) is 3.44. The maximum Gasteiger partial charge on any atom is 0.248 e. The number of anilines is 1. The van der Waals surface area contributed by atoms with E-state index >= 15 is 0 Å². The molecule has 1 atom stereocenters. The number of primary amides is 1. The average molecular weight is 315 g/mol. The van der Waals surface area contributed by atoms with Crippen molar-refractivity contribution in [2.75, 3.05) is 19.4 Å². The molecule has 0 aliphatic carbocycles. The second-order valence-electron chi connectivity index (χ2n) is 5.63. The zero-order valence-electron chi connectivity index (χ0n) is 13.5. The molecule has 122 valence electrons. The van der Waals surface area contributed by atoms with Crippen molar-refractivity contribution in [1.82, 2.24) is 14.7 Å². The Morgan fingerprint density at radius 2 is 2.13 bits per heavy atom. The van der Waals surface area contributed by atoms with E-state index in [1.54, 1.807) is 48.3 Å². The largest absolute Gasteiger partial charge is 0.366 e. The van der Waals surface area contributed by atoms with Crippen molar-refractivity contribution in [2.24, 2.45) is 5.73 Å². The van der Waals surface area contributed by atoms with Gasteiger partial charge in [0.05, 0.1) is 0 Å². The summed E-state index contributed by atoms with van der Waals surface area (Å²) in [5.41, 5.74) is 7.17. The van der Waals surface area contributed by atoms with Crippen LogP contribution in [0.3, 0.4) is 0 Å². The summed E-state index contributed by atoms with van der Waals surface area (Å²) in [6.45, 7) is 2.39. The van der Waals surface area contributed by atoms with Crippen LogP contribution < -0.4 is 11.1 Å². The van der Waals surface area contributed by atoms with Crippen LogP contribution in [0.2, 0.25) is 0 Å². The van der Waals surface area contributed by atoms with Crippen LogP contribution in [0.5, 0.6) is 0 Å². The first-order valence-electron chi connectivity index (χ1n) is 7.26. The van der Waals surface area contributed by atoms with Gasteiger partial charge in [0.15, 0.2) is 0 Å². The van der Waals surface area contributed by atoms with E-state index in [1.165, 1.54) is 0 Å². The fraction of sp³-hybridized carbons (Fsp3) is 0.312. The molecule has 0 saturated heterocycles. The second kappa shape index (κ2) is 7.06. The highest BCUT2D eigenvalue weighted by molar-refractivity contribution is 5.98. The molecule has 0 spiro atoms. The predicted molar refractivity (Wildman–Crippen MR) is 87.9 cm³/mol. The third kappa shape index (κ3) is 4.17. The molecule has 1 aromatic carbocycles. The van der Waals surface area contributed by atoms with Gasteiger partial charge in [-0.3, -0.25) is 14.3 Å². The Morgan fingerprint density at radius 1 is 1.39 bits per heavy atom. The molecule has 2 aromatic rings. The first-order valence-corrected chi connectivity index (χ1v) is 7.26. The van der Waals surface area contributed by atoms with Gasteiger partial charge in [-0.1, -0.05) is 6.07 Å². The Balaban J connectivity index is 2.26. The van der Waals surface area contributed by atoms with E-state index in [9.17, 15) is 9.59 Å². The fourth-order valence-corrected chi connectivity index (χ4v) is 2.19. The molecule has 23 heavy (non-hydrogen) atoms. The Kier molecular flexibility index (Phi) is 5.13. The van der Waals surface area contributed by atoms with Crippen molar-refractivity contribution in [1.29, 1.82) is 0 Å². The maximum atomic E-state index is 12.4. The Labute approximate surface area is 135 Å². The molecular weight excluding hydrogens is 294 g/mol. The number of nitrogens with zero attached hydrogens (tertiary/aromatic N) is 3. The summed E-state index contributed by atoms with van der Waals surface area (Å²) < 4.78 is 1.57. The summed E-state index contributed by atoms with van der Waals surface area (Å²) in [6.07, 6.45) is 3.35. The number of amides is 2. The van der Waals surface area contributed by atoms with Gasteiger partial charge in [-0.05, 0) is 44.8 Å². The zero-order valence-corrected chi connectivity index (χ0v) is 13.5. The Hall–Kier alpha value is -2.67. The van der Waals surface area contributed by atoms with E-state index in [-0.39, 0.29) is 5.91 Å². The maximum absolute atomic E-state index is 12.4. The fourth-order valence-electron chi connectivity index (χ4n) is 2.19. The van der Waals surface area contributed by atoms with Crippen molar-refractivity contribution in [2.45, 2.75) is 19.5 Å². The molecule has 2 rings (SSSR count). The smallest absolute Gasteiger partial charge is 0.248 e. The molecular formula is C16H21N5O2. The summed E-state index contributed by atoms with van der Waals surface area (Å²) in [5, 5.41) is 6.93. The van der Waals surface area contributed by atoms with E-state index in [0.29, 0.717) is 17.8 Å². The van der Waals surface area contributed by atoms with Crippen molar-refractivity contribution in [3.8, 4) is 0 Å². The van der Waals surface area contributed by atoms with Crippen LogP contribution in [-0.2, 0) is 11.3 Å². The highest BCUT2D eigenvalue weighted by Crippen LogP contribution is 2.20. The van der Waals surface area contributed by atoms with Gasteiger partial charge >= 0.3 is 0 Å². The van der Waals surface area contributed by atoms with Gasteiger partial charge in [0.25, 0.3) is 0 Å². The van der Waals surface area contributed by atoms with Gasteiger partial charge < -0.3 is 16.0 Å². The standard InChI is InChI=1S/C16H21N5O2/c1-11(21-8-4-7-18-21)16(23)19-14-9-12(15(17)22)5-6-13(14)10-20(2)3/h4-9,11H,10H2,1-3H3,(H2,17,22)(H,19,23)/t11-/m1/s1.